The van der Waals surface area contributed by atoms with Gasteiger partial charge < -0.3 is 10.2 Å². The van der Waals surface area contributed by atoms with Crippen molar-refractivity contribution in [2.24, 2.45) is 0 Å². The molecular formula is C20H22Br2O2. The average Bonchev–Trinajstić information content (AvgIpc) is 2.55. The largest absolute Gasteiger partial charge is 0.508 e. The van der Waals surface area contributed by atoms with Crippen LogP contribution in [0.4, 0.5) is 0 Å². The summed E-state index contributed by atoms with van der Waals surface area (Å²) in [5.74, 6) is 0.636. The molecule has 0 spiro atoms. The van der Waals surface area contributed by atoms with Crippen LogP contribution in [0.2, 0.25) is 0 Å². The standard InChI is InChI=1S/C20H22Br2O2/c1-12-9-14(6-7-17(12)23)20(8-4-3-5-18(20)22)15-10-13(2)19(24)16(21)11-15/h6-7,9-11,18,23-24H,3-5,8H2,1-2H3. The Morgan fingerprint density at radius 1 is 1.00 bits per heavy atom. The second-order valence-corrected chi connectivity index (χ2v) is 8.77. The van der Waals surface area contributed by atoms with Gasteiger partial charge in [0.25, 0.3) is 0 Å². The minimum atomic E-state index is -0.155. The first-order chi connectivity index (χ1) is 11.4. The van der Waals surface area contributed by atoms with Crippen LogP contribution in [0.1, 0.15) is 47.9 Å². The second kappa shape index (κ2) is 6.72. The Hall–Kier alpha value is -1.00. The Balaban J connectivity index is 2.25. The Kier molecular flexibility index (Phi) is 4.99. The zero-order valence-electron chi connectivity index (χ0n) is 13.9. The first-order valence-corrected chi connectivity index (χ1v) is 10.0. The van der Waals surface area contributed by atoms with Gasteiger partial charge in [0.1, 0.15) is 11.5 Å². The summed E-state index contributed by atoms with van der Waals surface area (Å²) in [7, 11) is 0. The molecule has 1 saturated carbocycles. The van der Waals surface area contributed by atoms with Crippen molar-refractivity contribution in [2.75, 3.05) is 0 Å². The fraction of sp³-hybridized carbons (Fsp3) is 0.400. The molecule has 2 aromatic carbocycles. The van der Waals surface area contributed by atoms with Crippen LogP contribution in [-0.2, 0) is 5.41 Å². The third-order valence-electron chi connectivity index (χ3n) is 5.29. The molecule has 1 aliphatic carbocycles. The zero-order chi connectivity index (χ0) is 17.5. The van der Waals surface area contributed by atoms with Crippen LogP contribution in [0.25, 0.3) is 0 Å². The highest BCUT2D eigenvalue weighted by Crippen LogP contribution is 2.50. The molecule has 2 aromatic rings. The van der Waals surface area contributed by atoms with E-state index in [4.69, 9.17) is 0 Å². The third kappa shape index (κ3) is 2.88. The quantitative estimate of drug-likeness (QED) is 0.539. The summed E-state index contributed by atoms with van der Waals surface area (Å²) < 4.78 is 0.734. The van der Waals surface area contributed by atoms with Gasteiger partial charge in [0, 0.05) is 10.2 Å². The average molecular weight is 454 g/mol. The van der Waals surface area contributed by atoms with Gasteiger partial charge >= 0.3 is 0 Å². The van der Waals surface area contributed by atoms with Crippen LogP contribution in [0, 0.1) is 13.8 Å². The molecular weight excluding hydrogens is 432 g/mol. The summed E-state index contributed by atoms with van der Waals surface area (Å²) in [5.41, 5.74) is 4.04. The Morgan fingerprint density at radius 3 is 2.33 bits per heavy atom. The van der Waals surface area contributed by atoms with Gasteiger partial charge in [0.15, 0.2) is 0 Å². The van der Waals surface area contributed by atoms with Crippen molar-refractivity contribution in [2.45, 2.75) is 49.8 Å². The van der Waals surface area contributed by atoms with Crippen LogP contribution in [0.5, 0.6) is 11.5 Å². The first-order valence-electron chi connectivity index (χ1n) is 8.30. The number of hydrogen-bond donors (Lipinski definition) is 2. The Bertz CT molecular complexity index is 749. The van der Waals surface area contributed by atoms with Gasteiger partial charge in [-0.3, -0.25) is 0 Å². The number of aryl methyl sites for hydroxylation is 2. The van der Waals surface area contributed by atoms with Crippen molar-refractivity contribution in [3.8, 4) is 11.5 Å². The smallest absolute Gasteiger partial charge is 0.132 e. The predicted octanol–water partition coefficient (Wildman–Crippen LogP) is 6.10. The molecule has 0 aliphatic heterocycles. The molecule has 2 nitrogen and oxygen atoms in total. The monoisotopic (exact) mass is 452 g/mol. The van der Waals surface area contributed by atoms with Crippen LogP contribution in [0.3, 0.4) is 0 Å². The van der Waals surface area contributed by atoms with E-state index in [1.807, 2.05) is 26.0 Å². The summed E-state index contributed by atoms with van der Waals surface area (Å²) in [6.45, 7) is 3.88. The number of phenols is 2. The number of alkyl halides is 1. The van der Waals surface area contributed by atoms with E-state index in [0.717, 1.165) is 28.4 Å². The highest BCUT2D eigenvalue weighted by Gasteiger charge is 2.43. The second-order valence-electron chi connectivity index (χ2n) is 6.81. The maximum Gasteiger partial charge on any atom is 0.132 e. The molecule has 0 saturated heterocycles. The van der Waals surface area contributed by atoms with Crippen LogP contribution < -0.4 is 0 Å². The van der Waals surface area contributed by atoms with Gasteiger partial charge in [-0.25, -0.2) is 0 Å². The lowest BCUT2D eigenvalue weighted by atomic mass is 9.65. The number of aromatic hydroxyl groups is 2. The van der Waals surface area contributed by atoms with E-state index in [0.29, 0.717) is 16.3 Å². The number of benzene rings is 2. The van der Waals surface area contributed by atoms with Crippen molar-refractivity contribution >= 4 is 31.9 Å². The molecule has 4 heteroatoms. The maximum atomic E-state index is 10.1. The Morgan fingerprint density at radius 2 is 1.71 bits per heavy atom. The van der Waals surface area contributed by atoms with Gasteiger partial charge in [0.2, 0.25) is 0 Å². The lowest BCUT2D eigenvalue weighted by Crippen LogP contribution is -2.40. The van der Waals surface area contributed by atoms with Crippen molar-refractivity contribution < 1.29 is 10.2 Å². The molecule has 0 bridgehead atoms. The molecule has 2 unspecified atom stereocenters. The lowest BCUT2D eigenvalue weighted by Gasteiger charge is -2.43. The topological polar surface area (TPSA) is 40.5 Å². The van der Waals surface area contributed by atoms with Gasteiger partial charge in [-0.1, -0.05) is 47.0 Å². The molecule has 2 N–H and O–H groups in total. The van der Waals surface area contributed by atoms with Crippen LogP contribution in [-0.4, -0.2) is 15.0 Å². The minimum Gasteiger partial charge on any atom is -0.508 e. The molecule has 24 heavy (non-hydrogen) atoms. The van der Waals surface area contributed by atoms with E-state index in [2.05, 4.69) is 44.0 Å². The third-order valence-corrected chi connectivity index (χ3v) is 7.14. The van der Waals surface area contributed by atoms with E-state index < -0.39 is 0 Å². The van der Waals surface area contributed by atoms with E-state index in [1.54, 1.807) is 6.07 Å². The first kappa shape index (κ1) is 17.8. The number of rotatable bonds is 2. The van der Waals surface area contributed by atoms with E-state index >= 15 is 0 Å². The summed E-state index contributed by atoms with van der Waals surface area (Å²) in [5, 5.41) is 20.1. The van der Waals surface area contributed by atoms with E-state index in [-0.39, 0.29) is 5.41 Å². The summed E-state index contributed by atoms with van der Waals surface area (Å²) in [6.07, 6.45) is 4.54. The fourth-order valence-electron chi connectivity index (χ4n) is 3.87. The highest BCUT2D eigenvalue weighted by molar-refractivity contribution is 9.10. The molecule has 0 amide bonds. The van der Waals surface area contributed by atoms with Gasteiger partial charge in [0.05, 0.1) is 4.47 Å². The van der Waals surface area contributed by atoms with Crippen molar-refractivity contribution in [3.63, 3.8) is 0 Å². The zero-order valence-corrected chi connectivity index (χ0v) is 17.1. The maximum absolute atomic E-state index is 10.1. The molecule has 1 aliphatic rings. The molecule has 0 aromatic heterocycles. The van der Waals surface area contributed by atoms with Gasteiger partial charge in [-0.05, 0) is 77.0 Å². The highest BCUT2D eigenvalue weighted by atomic mass is 79.9. The van der Waals surface area contributed by atoms with Gasteiger partial charge in [-0.2, -0.15) is 0 Å². The van der Waals surface area contributed by atoms with Crippen LogP contribution >= 0.6 is 31.9 Å². The van der Waals surface area contributed by atoms with Crippen molar-refractivity contribution in [1.29, 1.82) is 0 Å². The van der Waals surface area contributed by atoms with Crippen molar-refractivity contribution in [1.82, 2.24) is 0 Å². The normalized spacial score (nSPS) is 24.1. The molecule has 0 radical (unpaired) electrons. The minimum absolute atomic E-state index is 0.155. The summed E-state index contributed by atoms with van der Waals surface area (Å²) in [6, 6.07) is 10.1. The fourth-order valence-corrected chi connectivity index (χ4v) is 5.52. The molecule has 128 valence electrons. The molecule has 3 rings (SSSR count). The van der Waals surface area contributed by atoms with Gasteiger partial charge in [-0.15, -0.1) is 0 Å². The van der Waals surface area contributed by atoms with E-state index in [9.17, 15) is 10.2 Å². The summed E-state index contributed by atoms with van der Waals surface area (Å²) >= 11 is 7.46. The number of phenolic OH excluding ortho intramolecular Hbond substituents is 2. The molecule has 2 atom stereocenters. The van der Waals surface area contributed by atoms with Crippen LogP contribution in [0.15, 0.2) is 34.8 Å². The lowest BCUT2D eigenvalue weighted by molar-refractivity contribution is 0.361. The predicted molar refractivity (Wildman–Crippen MR) is 105 cm³/mol. The number of hydrogen-bond acceptors (Lipinski definition) is 2. The number of halogens is 2. The SMILES string of the molecule is Cc1cc(C2(c3cc(C)c(O)c(Br)c3)CCCCC2Br)ccc1O. The Labute approximate surface area is 160 Å². The van der Waals surface area contributed by atoms with E-state index in [1.165, 1.54) is 24.0 Å². The van der Waals surface area contributed by atoms with Crippen molar-refractivity contribution in [3.05, 3.63) is 57.1 Å². The molecule has 1 fully saturated rings. The molecule has 0 heterocycles. The summed E-state index contributed by atoms with van der Waals surface area (Å²) in [4.78, 5) is 0.318.